The van der Waals surface area contributed by atoms with Gasteiger partial charge in [0.05, 0.1) is 11.4 Å². The molecule has 0 spiro atoms. The number of nitrogens with one attached hydrogen (secondary N) is 2. The highest BCUT2D eigenvalue weighted by molar-refractivity contribution is 8.00. The van der Waals surface area contributed by atoms with E-state index in [1.54, 1.807) is 0 Å². The highest BCUT2D eigenvalue weighted by Crippen LogP contribution is 2.27. The van der Waals surface area contributed by atoms with Crippen LogP contribution < -0.4 is 5.32 Å². The Morgan fingerprint density at radius 2 is 2.00 bits per heavy atom. The maximum atomic E-state index is 13.5. The van der Waals surface area contributed by atoms with Crippen LogP contribution in [0, 0.1) is 11.6 Å². The molecular weight excluding hydrogens is 306 g/mol. The van der Waals surface area contributed by atoms with E-state index in [-0.39, 0.29) is 17.3 Å². The molecular formula is C16H12F2N2OS. The summed E-state index contributed by atoms with van der Waals surface area (Å²) >= 11 is 1.33. The molecule has 0 fully saturated rings. The quantitative estimate of drug-likeness (QED) is 0.709. The molecule has 0 unspecified atom stereocenters. The highest BCUT2D eigenvalue weighted by Gasteiger charge is 2.10. The van der Waals surface area contributed by atoms with E-state index >= 15 is 0 Å². The van der Waals surface area contributed by atoms with E-state index in [1.165, 1.54) is 11.8 Å². The van der Waals surface area contributed by atoms with Crippen molar-refractivity contribution in [3.63, 3.8) is 0 Å². The van der Waals surface area contributed by atoms with Crippen molar-refractivity contribution < 1.29 is 13.6 Å². The predicted octanol–water partition coefficient (Wildman–Crippen LogP) is 4.18. The van der Waals surface area contributed by atoms with E-state index < -0.39 is 11.6 Å². The number of anilines is 1. The largest absolute Gasteiger partial charge is 0.360 e. The van der Waals surface area contributed by atoms with Crippen LogP contribution in [0.5, 0.6) is 0 Å². The molecule has 0 aliphatic heterocycles. The van der Waals surface area contributed by atoms with Gasteiger partial charge in [0, 0.05) is 28.1 Å². The maximum Gasteiger partial charge on any atom is 0.234 e. The summed E-state index contributed by atoms with van der Waals surface area (Å²) in [6.07, 6.45) is 1.82. The number of carbonyl (C=O) groups is 1. The normalized spacial score (nSPS) is 10.8. The van der Waals surface area contributed by atoms with E-state index in [2.05, 4.69) is 10.3 Å². The van der Waals surface area contributed by atoms with Crippen molar-refractivity contribution in [2.45, 2.75) is 4.90 Å². The lowest BCUT2D eigenvalue weighted by Crippen LogP contribution is -2.15. The minimum atomic E-state index is -0.660. The van der Waals surface area contributed by atoms with Gasteiger partial charge in [0.15, 0.2) is 0 Å². The molecule has 0 atom stereocenters. The van der Waals surface area contributed by atoms with Gasteiger partial charge in [-0.2, -0.15) is 0 Å². The van der Waals surface area contributed by atoms with E-state index in [9.17, 15) is 13.6 Å². The number of rotatable bonds is 4. The third kappa shape index (κ3) is 3.12. The van der Waals surface area contributed by atoms with Crippen LogP contribution in [0.1, 0.15) is 0 Å². The zero-order valence-electron chi connectivity index (χ0n) is 11.4. The monoisotopic (exact) mass is 318 g/mol. The van der Waals surface area contributed by atoms with Gasteiger partial charge < -0.3 is 10.3 Å². The summed E-state index contributed by atoms with van der Waals surface area (Å²) in [4.78, 5) is 15.9. The van der Waals surface area contributed by atoms with Crippen molar-refractivity contribution in [1.29, 1.82) is 0 Å². The van der Waals surface area contributed by atoms with Crippen LogP contribution in [-0.2, 0) is 4.79 Å². The number of hydrogen-bond acceptors (Lipinski definition) is 2. The van der Waals surface area contributed by atoms with Crippen LogP contribution in [-0.4, -0.2) is 16.6 Å². The van der Waals surface area contributed by atoms with Gasteiger partial charge in [-0.05, 0) is 18.2 Å². The van der Waals surface area contributed by atoms with Gasteiger partial charge in [0.1, 0.15) is 11.6 Å². The summed E-state index contributed by atoms with van der Waals surface area (Å²) in [6, 6.07) is 10.7. The Bertz CT molecular complexity index is 832. The molecule has 0 bridgehead atoms. The number of halogens is 2. The number of amides is 1. The second-order valence-electron chi connectivity index (χ2n) is 4.66. The Balaban J connectivity index is 1.66. The van der Waals surface area contributed by atoms with Gasteiger partial charge in [-0.15, -0.1) is 11.8 Å². The fourth-order valence-corrected chi connectivity index (χ4v) is 2.92. The van der Waals surface area contributed by atoms with Crippen LogP contribution in [0.15, 0.2) is 53.6 Å². The molecule has 22 heavy (non-hydrogen) atoms. The number of aromatic nitrogens is 1. The van der Waals surface area contributed by atoms with Gasteiger partial charge in [-0.3, -0.25) is 4.79 Å². The predicted molar refractivity (Wildman–Crippen MR) is 84.0 cm³/mol. The molecule has 1 aromatic heterocycles. The molecule has 0 saturated heterocycles. The lowest BCUT2D eigenvalue weighted by molar-refractivity contribution is -0.113. The number of benzene rings is 2. The van der Waals surface area contributed by atoms with E-state index in [0.717, 1.165) is 34.0 Å². The molecule has 1 amide bonds. The molecule has 6 heteroatoms. The van der Waals surface area contributed by atoms with Crippen LogP contribution in [0.4, 0.5) is 14.5 Å². The second kappa shape index (κ2) is 6.19. The topological polar surface area (TPSA) is 44.9 Å². The number of hydrogen-bond donors (Lipinski definition) is 2. The fourth-order valence-electron chi connectivity index (χ4n) is 2.09. The Hall–Kier alpha value is -2.34. The van der Waals surface area contributed by atoms with Crippen molar-refractivity contribution in [2.75, 3.05) is 11.1 Å². The van der Waals surface area contributed by atoms with Gasteiger partial charge >= 0.3 is 0 Å². The molecule has 0 saturated carbocycles. The summed E-state index contributed by atoms with van der Waals surface area (Å²) in [6.45, 7) is 0. The van der Waals surface area contributed by atoms with Crippen molar-refractivity contribution in [1.82, 2.24) is 4.98 Å². The van der Waals surface area contributed by atoms with Crippen LogP contribution >= 0.6 is 11.8 Å². The third-order valence-corrected chi connectivity index (χ3v) is 4.17. The summed E-state index contributed by atoms with van der Waals surface area (Å²) in [5.74, 6) is -1.54. The smallest absolute Gasteiger partial charge is 0.234 e. The summed E-state index contributed by atoms with van der Waals surface area (Å²) in [5.41, 5.74) is 0.839. The molecule has 2 N–H and O–H groups in total. The lowest BCUT2D eigenvalue weighted by atomic mass is 10.2. The van der Waals surface area contributed by atoms with E-state index in [1.807, 2.05) is 30.5 Å². The van der Waals surface area contributed by atoms with Gasteiger partial charge in [-0.25, -0.2) is 8.78 Å². The number of thioether (sulfide) groups is 1. The average Bonchev–Trinajstić information content (AvgIpc) is 2.92. The number of fused-ring (bicyclic) bond motifs is 1. The molecule has 0 aliphatic rings. The highest BCUT2D eigenvalue weighted by atomic mass is 32.2. The molecule has 3 aromatic rings. The Morgan fingerprint density at radius 3 is 2.86 bits per heavy atom. The van der Waals surface area contributed by atoms with Gasteiger partial charge in [-0.1, -0.05) is 18.2 Å². The summed E-state index contributed by atoms with van der Waals surface area (Å²) in [7, 11) is 0. The van der Waals surface area contributed by atoms with Crippen LogP contribution in [0.2, 0.25) is 0 Å². The Labute approximate surface area is 129 Å². The third-order valence-electron chi connectivity index (χ3n) is 3.11. The number of para-hydroxylation sites is 1. The first-order valence-electron chi connectivity index (χ1n) is 6.57. The number of carbonyl (C=O) groups excluding carboxylic acids is 1. The fraction of sp³-hybridized carbons (Fsp3) is 0.0625. The minimum absolute atomic E-state index is 0.109. The van der Waals surface area contributed by atoms with Gasteiger partial charge in [0.2, 0.25) is 5.91 Å². The maximum absolute atomic E-state index is 13.5. The van der Waals surface area contributed by atoms with Gasteiger partial charge in [0.25, 0.3) is 0 Å². The van der Waals surface area contributed by atoms with E-state index in [0.29, 0.717) is 0 Å². The number of aromatic amines is 1. The van der Waals surface area contributed by atoms with Crippen LogP contribution in [0.25, 0.3) is 10.9 Å². The average molecular weight is 318 g/mol. The zero-order chi connectivity index (χ0) is 15.5. The molecule has 0 aliphatic carbocycles. The van der Waals surface area contributed by atoms with Crippen molar-refractivity contribution >= 4 is 34.3 Å². The standard InChI is InChI=1S/C16H12F2N2OS/c17-10-5-6-12(18)14(7-10)20-16(21)9-22-15-8-19-13-4-2-1-3-11(13)15/h1-8,19H,9H2,(H,20,21). The SMILES string of the molecule is O=C(CSc1c[nH]c2ccccc12)Nc1cc(F)ccc1F. The van der Waals surface area contributed by atoms with Crippen molar-refractivity contribution in [3.8, 4) is 0 Å². The Kier molecular flexibility index (Phi) is 4.11. The first-order valence-corrected chi connectivity index (χ1v) is 7.56. The summed E-state index contributed by atoms with van der Waals surface area (Å²) in [5, 5.41) is 3.40. The first kappa shape index (κ1) is 14.6. The molecule has 0 radical (unpaired) electrons. The molecule has 2 aromatic carbocycles. The second-order valence-corrected chi connectivity index (χ2v) is 5.68. The zero-order valence-corrected chi connectivity index (χ0v) is 12.2. The van der Waals surface area contributed by atoms with Crippen molar-refractivity contribution in [2.24, 2.45) is 0 Å². The molecule has 3 nitrogen and oxygen atoms in total. The number of H-pyrrole nitrogens is 1. The summed E-state index contributed by atoms with van der Waals surface area (Å²) < 4.78 is 26.5. The molecule has 3 rings (SSSR count). The first-order chi connectivity index (χ1) is 10.6. The lowest BCUT2D eigenvalue weighted by Gasteiger charge is -2.06. The molecule has 112 valence electrons. The van der Waals surface area contributed by atoms with Crippen LogP contribution in [0.3, 0.4) is 0 Å². The minimum Gasteiger partial charge on any atom is -0.360 e. The van der Waals surface area contributed by atoms with E-state index in [4.69, 9.17) is 0 Å². The van der Waals surface area contributed by atoms with Crippen molar-refractivity contribution in [3.05, 3.63) is 60.3 Å². The molecule has 1 heterocycles. The Morgan fingerprint density at radius 1 is 1.18 bits per heavy atom.